The molecule has 5 aromatic rings. The predicted octanol–water partition coefficient (Wildman–Crippen LogP) is 11.0. The van der Waals surface area contributed by atoms with Crippen molar-refractivity contribution in [2.24, 2.45) is 5.92 Å². The molecular weight excluding hydrogens is 691 g/mol. The summed E-state index contributed by atoms with van der Waals surface area (Å²) in [7, 11) is 1.58. The zero-order valence-corrected chi connectivity index (χ0v) is 30.9. The van der Waals surface area contributed by atoms with Crippen molar-refractivity contribution >= 4 is 34.8 Å². The Morgan fingerprint density at radius 3 is 1.44 bits per heavy atom. The standard InChI is InChI=1S/C15H12F3NO.C15H15NO2.C14H19NO/c1-10-5-7-13(8-6-10)19-14(20)11-3-2-4-12(9-11)15(16,17)18;1-11-6-8-13(9-7-11)16-15(17)12-4-3-5-14(10-12)18-2;1-11-7-9-13(10-8-11)15-14(16)12-5-3-2-4-6-12/h2-9H,1H3,(H,19,20);3-10H,1-2H3,(H,16,17);7-10,12H,2-6H2,1H3,(H,15,16). The van der Waals surface area contributed by atoms with Gasteiger partial charge >= 0.3 is 6.18 Å². The first-order valence-electron chi connectivity index (χ1n) is 17.8. The average Bonchev–Trinajstić information content (AvgIpc) is 3.18. The van der Waals surface area contributed by atoms with Crippen LogP contribution in [0.1, 0.15) is 75.1 Å². The molecule has 0 unspecified atom stereocenters. The number of hydrogen-bond donors (Lipinski definition) is 3. The zero-order chi connectivity index (χ0) is 39.1. The molecule has 1 aliphatic carbocycles. The zero-order valence-electron chi connectivity index (χ0n) is 30.9. The maximum atomic E-state index is 12.6. The number of carbonyl (C=O) groups excluding carboxylic acids is 3. The molecular formula is C44H46F3N3O4. The van der Waals surface area contributed by atoms with Crippen LogP contribution in [0.25, 0.3) is 0 Å². The smallest absolute Gasteiger partial charge is 0.416 e. The maximum Gasteiger partial charge on any atom is 0.416 e. The van der Waals surface area contributed by atoms with Crippen molar-refractivity contribution in [2.75, 3.05) is 23.1 Å². The summed E-state index contributed by atoms with van der Waals surface area (Å²) in [6.07, 6.45) is 1.34. The summed E-state index contributed by atoms with van der Waals surface area (Å²) in [5, 5.41) is 8.40. The van der Waals surface area contributed by atoms with Gasteiger partial charge in [0.15, 0.2) is 0 Å². The number of alkyl halides is 3. The Bertz CT molecular complexity index is 1970. The van der Waals surface area contributed by atoms with Gasteiger partial charge in [-0.15, -0.1) is 0 Å². The lowest BCUT2D eigenvalue weighted by molar-refractivity contribution is -0.137. The quantitative estimate of drug-likeness (QED) is 0.155. The van der Waals surface area contributed by atoms with Gasteiger partial charge in [0.2, 0.25) is 5.91 Å². The van der Waals surface area contributed by atoms with Gasteiger partial charge in [0.05, 0.1) is 12.7 Å². The number of nitrogens with one attached hydrogen (secondary N) is 3. The first-order valence-corrected chi connectivity index (χ1v) is 17.8. The Balaban J connectivity index is 0.000000182. The van der Waals surface area contributed by atoms with Crippen LogP contribution >= 0.6 is 0 Å². The third kappa shape index (κ3) is 13.3. The van der Waals surface area contributed by atoms with E-state index in [0.717, 1.165) is 47.5 Å². The second-order valence-electron chi connectivity index (χ2n) is 13.1. The Kier molecular flexibility index (Phi) is 15.0. The molecule has 10 heteroatoms. The van der Waals surface area contributed by atoms with Crippen LogP contribution in [0.15, 0.2) is 121 Å². The van der Waals surface area contributed by atoms with Gasteiger partial charge in [0.1, 0.15) is 5.75 Å². The van der Waals surface area contributed by atoms with Crippen LogP contribution in [0.5, 0.6) is 5.75 Å². The average molecular weight is 738 g/mol. The normalized spacial score (nSPS) is 12.5. The van der Waals surface area contributed by atoms with Crippen LogP contribution in [0.2, 0.25) is 0 Å². The summed E-state index contributed by atoms with van der Waals surface area (Å²) in [6, 6.07) is 34.1. The Hall–Kier alpha value is -5.90. The summed E-state index contributed by atoms with van der Waals surface area (Å²) in [5.41, 5.74) is 5.36. The molecule has 1 saturated carbocycles. The highest BCUT2D eigenvalue weighted by Crippen LogP contribution is 2.30. The van der Waals surface area contributed by atoms with Gasteiger partial charge in [-0.1, -0.05) is 84.5 Å². The minimum absolute atomic E-state index is 0.0274. The van der Waals surface area contributed by atoms with E-state index >= 15 is 0 Å². The van der Waals surface area contributed by atoms with Crippen LogP contribution < -0.4 is 20.7 Å². The maximum absolute atomic E-state index is 12.6. The van der Waals surface area contributed by atoms with Gasteiger partial charge in [-0.25, -0.2) is 0 Å². The largest absolute Gasteiger partial charge is 0.497 e. The number of aryl methyl sites for hydroxylation is 3. The summed E-state index contributed by atoms with van der Waals surface area (Å²) >= 11 is 0. The van der Waals surface area contributed by atoms with Crippen LogP contribution in [-0.4, -0.2) is 24.8 Å². The molecule has 0 aliphatic heterocycles. The van der Waals surface area contributed by atoms with Gasteiger partial charge in [-0.3, -0.25) is 14.4 Å². The molecule has 3 amide bonds. The summed E-state index contributed by atoms with van der Waals surface area (Å²) in [5.74, 6) is 0.392. The molecule has 0 atom stereocenters. The van der Waals surface area contributed by atoms with E-state index in [0.29, 0.717) is 17.0 Å². The highest BCUT2D eigenvalue weighted by Gasteiger charge is 2.31. The van der Waals surface area contributed by atoms with Gasteiger partial charge in [0.25, 0.3) is 11.8 Å². The minimum atomic E-state index is -4.46. The Morgan fingerprint density at radius 2 is 1.00 bits per heavy atom. The first-order chi connectivity index (χ1) is 25.8. The number of hydrogen-bond acceptors (Lipinski definition) is 4. The Labute approximate surface area is 315 Å². The fraction of sp³-hybridized carbons (Fsp3) is 0.250. The van der Waals surface area contributed by atoms with E-state index in [4.69, 9.17) is 4.74 Å². The molecule has 7 nitrogen and oxygen atoms in total. The van der Waals surface area contributed by atoms with Crippen molar-refractivity contribution in [1.29, 1.82) is 0 Å². The lowest BCUT2D eigenvalue weighted by Crippen LogP contribution is -2.24. The Morgan fingerprint density at radius 1 is 0.574 bits per heavy atom. The second-order valence-corrected chi connectivity index (χ2v) is 13.1. The number of benzene rings is 5. The summed E-state index contributed by atoms with van der Waals surface area (Å²) in [6.45, 7) is 5.96. The third-order valence-corrected chi connectivity index (χ3v) is 8.70. The summed E-state index contributed by atoms with van der Waals surface area (Å²) < 4.78 is 42.8. The van der Waals surface area contributed by atoms with E-state index in [9.17, 15) is 27.6 Å². The number of rotatable bonds is 7. The lowest BCUT2D eigenvalue weighted by atomic mass is 9.88. The van der Waals surface area contributed by atoms with Crippen molar-refractivity contribution in [3.05, 3.63) is 155 Å². The summed E-state index contributed by atoms with van der Waals surface area (Å²) in [4.78, 5) is 35.8. The van der Waals surface area contributed by atoms with E-state index < -0.39 is 17.6 Å². The van der Waals surface area contributed by atoms with Gasteiger partial charge in [-0.05, 0) is 106 Å². The SMILES string of the molecule is COc1cccc(C(=O)Nc2ccc(C)cc2)c1.Cc1ccc(NC(=O)C2CCCCC2)cc1.Cc1ccc(NC(=O)c2cccc(C(F)(F)F)c2)cc1. The van der Waals surface area contributed by atoms with E-state index in [1.165, 1.54) is 37.0 Å². The van der Waals surface area contributed by atoms with Crippen LogP contribution in [0.4, 0.5) is 30.2 Å². The highest BCUT2D eigenvalue weighted by atomic mass is 19.4. The lowest BCUT2D eigenvalue weighted by Gasteiger charge is -2.20. The number of carbonyl (C=O) groups is 3. The first kappa shape index (κ1) is 40.9. The molecule has 3 N–H and O–H groups in total. The molecule has 6 rings (SSSR count). The number of halogens is 3. The van der Waals surface area contributed by atoms with Crippen LogP contribution in [0.3, 0.4) is 0 Å². The number of ether oxygens (including phenoxy) is 1. The molecule has 0 heterocycles. The minimum Gasteiger partial charge on any atom is -0.497 e. The monoisotopic (exact) mass is 737 g/mol. The predicted molar refractivity (Wildman–Crippen MR) is 209 cm³/mol. The molecule has 0 radical (unpaired) electrons. The highest BCUT2D eigenvalue weighted by molar-refractivity contribution is 6.05. The van der Waals surface area contributed by atoms with Crippen LogP contribution in [0, 0.1) is 26.7 Å². The van der Waals surface area contributed by atoms with Gasteiger partial charge < -0.3 is 20.7 Å². The number of methoxy groups -OCH3 is 1. The van der Waals surface area contributed by atoms with Crippen molar-refractivity contribution in [3.63, 3.8) is 0 Å². The molecule has 5 aromatic carbocycles. The fourth-order valence-electron chi connectivity index (χ4n) is 5.53. The molecule has 0 aromatic heterocycles. The molecule has 0 saturated heterocycles. The topological polar surface area (TPSA) is 96.5 Å². The van der Waals surface area contributed by atoms with E-state index in [-0.39, 0.29) is 23.3 Å². The number of anilines is 3. The van der Waals surface area contributed by atoms with Gasteiger partial charge in [-0.2, -0.15) is 13.2 Å². The third-order valence-electron chi connectivity index (χ3n) is 8.70. The van der Waals surface area contributed by atoms with Crippen molar-refractivity contribution in [3.8, 4) is 5.75 Å². The molecule has 0 spiro atoms. The van der Waals surface area contributed by atoms with E-state index in [1.54, 1.807) is 37.4 Å². The van der Waals surface area contributed by atoms with Crippen molar-refractivity contribution < 1.29 is 32.3 Å². The van der Waals surface area contributed by atoms with Crippen LogP contribution in [-0.2, 0) is 11.0 Å². The van der Waals surface area contributed by atoms with Crippen molar-refractivity contribution in [1.82, 2.24) is 0 Å². The van der Waals surface area contributed by atoms with Gasteiger partial charge in [0, 0.05) is 34.1 Å². The van der Waals surface area contributed by atoms with E-state index in [2.05, 4.69) is 16.0 Å². The van der Waals surface area contributed by atoms with Crippen molar-refractivity contribution in [2.45, 2.75) is 59.1 Å². The molecule has 1 aliphatic rings. The fourth-order valence-corrected chi connectivity index (χ4v) is 5.53. The molecule has 0 bridgehead atoms. The molecule has 282 valence electrons. The second kappa shape index (κ2) is 19.8. The molecule has 1 fully saturated rings. The number of amides is 3. The van der Waals surface area contributed by atoms with E-state index in [1.807, 2.05) is 87.5 Å². The molecule has 54 heavy (non-hydrogen) atoms.